The quantitative estimate of drug-likeness (QED) is 0.411. The van der Waals surface area contributed by atoms with E-state index < -0.39 is 11.6 Å². The summed E-state index contributed by atoms with van der Waals surface area (Å²) in [5.41, 5.74) is 1.32. The van der Waals surface area contributed by atoms with Crippen molar-refractivity contribution in [3.8, 4) is 5.75 Å². The lowest BCUT2D eigenvalue weighted by molar-refractivity contribution is -0.152. The highest BCUT2D eigenvalue weighted by molar-refractivity contribution is 5.76. The largest absolute Gasteiger partial charge is 0.478 e. The molecule has 6 heteroatoms. The lowest BCUT2D eigenvalue weighted by Gasteiger charge is -2.23. The normalized spacial score (nSPS) is 11.6. The SMILES string of the molecule is CCCCCCN(Cc1cccc(OC(C)(C)C(=O)O)c1)c1nc2ccccc2o1. The van der Waals surface area contributed by atoms with Crippen LogP contribution in [0, 0.1) is 0 Å². The summed E-state index contributed by atoms with van der Waals surface area (Å²) in [6, 6.07) is 15.9. The zero-order chi connectivity index (χ0) is 21.6. The second-order valence-electron chi connectivity index (χ2n) is 8.01. The molecule has 1 heterocycles. The number of oxazole rings is 1. The Morgan fingerprint density at radius 3 is 2.67 bits per heavy atom. The maximum Gasteiger partial charge on any atom is 0.347 e. The van der Waals surface area contributed by atoms with Gasteiger partial charge >= 0.3 is 5.97 Å². The van der Waals surface area contributed by atoms with Crippen LogP contribution < -0.4 is 9.64 Å². The number of nitrogens with zero attached hydrogens (tertiary/aromatic N) is 2. The van der Waals surface area contributed by atoms with Gasteiger partial charge in [-0.05, 0) is 50.1 Å². The zero-order valence-electron chi connectivity index (χ0n) is 17.9. The molecule has 0 atom stereocenters. The third kappa shape index (κ3) is 5.53. The molecular formula is C24H30N2O4. The Bertz CT molecular complexity index is 947. The van der Waals surface area contributed by atoms with Gasteiger partial charge in [-0.2, -0.15) is 4.98 Å². The Morgan fingerprint density at radius 1 is 1.13 bits per heavy atom. The molecule has 1 aromatic heterocycles. The molecule has 3 aromatic rings. The van der Waals surface area contributed by atoms with E-state index in [0.29, 0.717) is 18.3 Å². The first-order valence-corrected chi connectivity index (χ1v) is 10.5. The van der Waals surface area contributed by atoms with Crippen LogP contribution in [-0.4, -0.2) is 28.2 Å². The number of carboxylic acids is 1. The fourth-order valence-corrected chi connectivity index (χ4v) is 3.23. The average Bonchev–Trinajstić information content (AvgIpc) is 3.14. The molecule has 0 bridgehead atoms. The number of aromatic nitrogens is 1. The van der Waals surface area contributed by atoms with E-state index in [9.17, 15) is 9.90 Å². The van der Waals surface area contributed by atoms with Crippen molar-refractivity contribution in [3.63, 3.8) is 0 Å². The summed E-state index contributed by atoms with van der Waals surface area (Å²) in [7, 11) is 0. The maximum atomic E-state index is 11.4. The van der Waals surface area contributed by atoms with Gasteiger partial charge in [-0.25, -0.2) is 4.79 Å². The number of hydrogen-bond acceptors (Lipinski definition) is 5. The number of anilines is 1. The number of carbonyl (C=O) groups is 1. The Labute approximate surface area is 177 Å². The number of fused-ring (bicyclic) bond motifs is 1. The molecule has 0 aliphatic heterocycles. The number of rotatable bonds is 11. The van der Waals surface area contributed by atoms with Gasteiger partial charge in [-0.15, -0.1) is 0 Å². The van der Waals surface area contributed by atoms with Gasteiger partial charge in [-0.3, -0.25) is 0 Å². The van der Waals surface area contributed by atoms with Crippen LogP contribution in [0.5, 0.6) is 5.75 Å². The van der Waals surface area contributed by atoms with E-state index in [-0.39, 0.29) is 0 Å². The van der Waals surface area contributed by atoms with Gasteiger partial charge in [0, 0.05) is 13.1 Å². The Hall–Kier alpha value is -3.02. The molecule has 0 fully saturated rings. The van der Waals surface area contributed by atoms with Crippen LogP contribution in [0.3, 0.4) is 0 Å². The van der Waals surface area contributed by atoms with Crippen LogP contribution in [0.1, 0.15) is 52.0 Å². The highest BCUT2D eigenvalue weighted by Gasteiger charge is 2.29. The molecule has 0 aliphatic carbocycles. The lowest BCUT2D eigenvalue weighted by Crippen LogP contribution is -2.37. The monoisotopic (exact) mass is 410 g/mol. The smallest absolute Gasteiger partial charge is 0.347 e. The standard InChI is InChI=1S/C24H30N2O4/c1-4-5-6-9-15-26(23-25-20-13-7-8-14-21(20)29-23)17-18-11-10-12-19(16-18)30-24(2,3)22(27)28/h7-8,10-14,16H,4-6,9,15,17H2,1-3H3,(H,27,28). The second kappa shape index (κ2) is 9.65. The van der Waals surface area contributed by atoms with Crippen molar-refractivity contribution in [2.24, 2.45) is 0 Å². The molecule has 0 aliphatic rings. The van der Waals surface area contributed by atoms with Crippen molar-refractivity contribution >= 4 is 23.1 Å². The van der Waals surface area contributed by atoms with Crippen molar-refractivity contribution in [2.45, 2.75) is 58.6 Å². The molecule has 160 valence electrons. The second-order valence-corrected chi connectivity index (χ2v) is 8.01. The number of hydrogen-bond donors (Lipinski definition) is 1. The lowest BCUT2D eigenvalue weighted by atomic mass is 10.1. The van der Waals surface area contributed by atoms with Crippen LogP contribution >= 0.6 is 0 Å². The summed E-state index contributed by atoms with van der Waals surface area (Å²) in [4.78, 5) is 18.2. The molecule has 0 amide bonds. The first kappa shape index (κ1) is 21.7. The Morgan fingerprint density at radius 2 is 1.93 bits per heavy atom. The summed E-state index contributed by atoms with van der Waals surface area (Å²) >= 11 is 0. The van der Waals surface area contributed by atoms with Crippen LogP contribution in [0.2, 0.25) is 0 Å². The summed E-state index contributed by atoms with van der Waals surface area (Å²) in [5, 5.41) is 9.32. The van der Waals surface area contributed by atoms with E-state index in [1.54, 1.807) is 19.9 Å². The summed E-state index contributed by atoms with van der Waals surface area (Å²) in [6.07, 6.45) is 4.59. The van der Waals surface area contributed by atoms with E-state index >= 15 is 0 Å². The third-order valence-corrected chi connectivity index (χ3v) is 4.99. The molecule has 30 heavy (non-hydrogen) atoms. The highest BCUT2D eigenvalue weighted by atomic mass is 16.5. The molecular weight excluding hydrogens is 380 g/mol. The van der Waals surface area contributed by atoms with Gasteiger partial charge in [0.1, 0.15) is 11.3 Å². The average molecular weight is 411 g/mol. The number of benzene rings is 2. The van der Waals surface area contributed by atoms with E-state index in [0.717, 1.165) is 36.0 Å². The molecule has 0 saturated heterocycles. The van der Waals surface area contributed by atoms with E-state index in [1.165, 1.54) is 12.8 Å². The van der Waals surface area contributed by atoms with Gasteiger partial charge in [-0.1, -0.05) is 50.5 Å². The van der Waals surface area contributed by atoms with Crippen LogP contribution in [0.25, 0.3) is 11.1 Å². The maximum absolute atomic E-state index is 11.4. The molecule has 3 rings (SSSR count). The minimum absolute atomic E-state index is 0.531. The predicted molar refractivity (Wildman–Crippen MR) is 118 cm³/mol. The van der Waals surface area contributed by atoms with Crippen LogP contribution in [0.4, 0.5) is 6.01 Å². The zero-order valence-corrected chi connectivity index (χ0v) is 17.9. The summed E-state index contributed by atoms with van der Waals surface area (Å²) in [6.45, 7) is 6.71. The van der Waals surface area contributed by atoms with Gasteiger partial charge < -0.3 is 19.2 Å². The molecule has 1 N–H and O–H groups in total. The van der Waals surface area contributed by atoms with Gasteiger partial charge in [0.2, 0.25) is 0 Å². The van der Waals surface area contributed by atoms with Crippen LogP contribution in [0.15, 0.2) is 52.9 Å². The van der Waals surface area contributed by atoms with Gasteiger partial charge in [0.05, 0.1) is 0 Å². The number of aliphatic carboxylic acids is 1. The molecule has 0 spiro atoms. The van der Waals surface area contributed by atoms with Crippen LogP contribution in [-0.2, 0) is 11.3 Å². The van der Waals surface area contributed by atoms with Gasteiger partial charge in [0.25, 0.3) is 6.01 Å². The summed E-state index contributed by atoms with van der Waals surface area (Å²) in [5.74, 6) is -0.472. The number of ether oxygens (including phenoxy) is 1. The molecule has 2 aromatic carbocycles. The van der Waals surface area contributed by atoms with Crippen molar-refractivity contribution in [1.82, 2.24) is 4.98 Å². The van der Waals surface area contributed by atoms with Crippen molar-refractivity contribution in [3.05, 3.63) is 54.1 Å². The fraction of sp³-hybridized carbons (Fsp3) is 0.417. The van der Waals surface area contributed by atoms with Crippen molar-refractivity contribution in [1.29, 1.82) is 0 Å². The topological polar surface area (TPSA) is 75.8 Å². The first-order chi connectivity index (χ1) is 14.4. The third-order valence-electron chi connectivity index (χ3n) is 4.99. The van der Waals surface area contributed by atoms with Crippen molar-refractivity contribution < 1.29 is 19.1 Å². The fourth-order valence-electron chi connectivity index (χ4n) is 3.23. The van der Waals surface area contributed by atoms with E-state index in [2.05, 4.69) is 16.8 Å². The minimum Gasteiger partial charge on any atom is -0.478 e. The van der Waals surface area contributed by atoms with E-state index in [4.69, 9.17) is 9.15 Å². The molecule has 6 nitrogen and oxygen atoms in total. The molecule has 0 saturated carbocycles. The minimum atomic E-state index is -1.29. The number of carboxylic acid groups (broad SMARTS) is 1. The van der Waals surface area contributed by atoms with Gasteiger partial charge in [0.15, 0.2) is 11.2 Å². The molecule has 0 radical (unpaired) electrons. The number of unbranched alkanes of at least 4 members (excludes halogenated alkanes) is 3. The Kier molecular flexibility index (Phi) is 6.98. The highest BCUT2D eigenvalue weighted by Crippen LogP contribution is 2.26. The molecule has 0 unspecified atom stereocenters. The van der Waals surface area contributed by atoms with E-state index in [1.807, 2.05) is 42.5 Å². The van der Waals surface area contributed by atoms with Crippen molar-refractivity contribution in [2.75, 3.05) is 11.4 Å². The summed E-state index contributed by atoms with van der Waals surface area (Å²) < 4.78 is 11.7. The Balaban J connectivity index is 1.80. The first-order valence-electron chi connectivity index (χ1n) is 10.5. The predicted octanol–water partition coefficient (Wildman–Crippen LogP) is 5.66. The number of para-hydroxylation sites is 2.